The van der Waals surface area contributed by atoms with E-state index in [1.165, 1.54) is 31.7 Å². The molecule has 0 saturated carbocycles. The zero-order valence-corrected chi connectivity index (χ0v) is 12.2. The summed E-state index contributed by atoms with van der Waals surface area (Å²) in [4.78, 5) is 33.8. The minimum Gasteiger partial charge on any atom is -0.504 e. The molecular weight excluding hydrogens is 295 g/mol. The number of nitrogens with one attached hydrogen (secondary N) is 1. The van der Waals surface area contributed by atoms with Gasteiger partial charge in [0.1, 0.15) is 6.42 Å². The third-order valence-corrected chi connectivity index (χ3v) is 2.52. The van der Waals surface area contributed by atoms with Gasteiger partial charge in [0.2, 0.25) is 18.2 Å². The predicted molar refractivity (Wildman–Crippen MR) is 73.0 cm³/mol. The zero-order valence-electron chi connectivity index (χ0n) is 12.2. The first kappa shape index (κ1) is 17.3. The van der Waals surface area contributed by atoms with Crippen molar-refractivity contribution in [1.29, 1.82) is 0 Å². The molecule has 0 aliphatic heterocycles. The standard InChI is InChI=1S/C14H15FN2O5/c1-21-6-4-11(18)9-17-5-3-10(7-12(17)15)16-13(19)8-14(20)22-2/h3-7H,8-9H2,1-2H3/p+1/b6-4+. The molecule has 1 heterocycles. The molecule has 1 N–H and O–H groups in total. The molecule has 8 heteroatoms. The van der Waals surface area contributed by atoms with Crippen molar-refractivity contribution < 1.29 is 32.8 Å². The van der Waals surface area contributed by atoms with E-state index in [1.54, 1.807) is 0 Å². The number of halogens is 1. The third-order valence-electron chi connectivity index (χ3n) is 2.52. The fourth-order valence-corrected chi connectivity index (χ4v) is 1.48. The second kappa shape index (κ2) is 8.50. The van der Waals surface area contributed by atoms with Crippen LogP contribution in [0, 0.1) is 5.95 Å². The van der Waals surface area contributed by atoms with Gasteiger partial charge in [-0.2, -0.15) is 4.57 Å². The maximum absolute atomic E-state index is 13.8. The van der Waals surface area contributed by atoms with E-state index in [9.17, 15) is 18.8 Å². The Morgan fingerprint density at radius 3 is 2.68 bits per heavy atom. The SMILES string of the molecule is CO/C=C/C(=O)C[n+]1ccc(NC(=O)CC(=O)OC)cc1F. The van der Waals surface area contributed by atoms with E-state index in [-0.39, 0.29) is 18.0 Å². The van der Waals surface area contributed by atoms with Gasteiger partial charge in [-0.1, -0.05) is 0 Å². The summed E-state index contributed by atoms with van der Waals surface area (Å²) < 4.78 is 23.8. The third kappa shape index (κ3) is 5.70. The van der Waals surface area contributed by atoms with Gasteiger partial charge in [0.05, 0.1) is 32.2 Å². The summed E-state index contributed by atoms with van der Waals surface area (Å²) in [5.74, 6) is -2.38. The molecule has 7 nitrogen and oxygen atoms in total. The van der Waals surface area contributed by atoms with Gasteiger partial charge >= 0.3 is 11.9 Å². The minimum absolute atomic E-state index is 0.169. The van der Waals surface area contributed by atoms with Crippen LogP contribution in [-0.2, 0) is 30.4 Å². The van der Waals surface area contributed by atoms with Crippen LogP contribution in [0.1, 0.15) is 6.42 Å². The molecule has 0 aliphatic rings. The van der Waals surface area contributed by atoms with Crippen molar-refractivity contribution in [1.82, 2.24) is 0 Å². The second-order valence-electron chi connectivity index (χ2n) is 4.17. The van der Waals surface area contributed by atoms with Gasteiger partial charge in [-0.3, -0.25) is 14.4 Å². The van der Waals surface area contributed by atoms with Crippen molar-refractivity contribution in [3.05, 3.63) is 36.6 Å². The van der Waals surface area contributed by atoms with Gasteiger partial charge in [-0.25, -0.2) is 0 Å². The number of aromatic nitrogens is 1. The van der Waals surface area contributed by atoms with Gasteiger partial charge < -0.3 is 14.8 Å². The molecular formula is C14H16FN2O5+. The Labute approximate surface area is 126 Å². The van der Waals surface area contributed by atoms with E-state index in [0.29, 0.717) is 0 Å². The van der Waals surface area contributed by atoms with Crippen molar-refractivity contribution >= 4 is 23.3 Å². The van der Waals surface area contributed by atoms with Crippen LogP contribution in [0.25, 0.3) is 0 Å². The molecule has 0 fully saturated rings. The minimum atomic E-state index is -0.713. The summed E-state index contributed by atoms with van der Waals surface area (Å²) in [5, 5.41) is 2.35. The molecule has 22 heavy (non-hydrogen) atoms. The van der Waals surface area contributed by atoms with Crippen LogP contribution >= 0.6 is 0 Å². The Bertz CT molecular complexity index is 601. The van der Waals surface area contributed by atoms with Crippen LogP contribution in [0.2, 0.25) is 0 Å². The van der Waals surface area contributed by atoms with Gasteiger partial charge in [-0.15, -0.1) is 4.39 Å². The van der Waals surface area contributed by atoms with Crippen molar-refractivity contribution in [2.24, 2.45) is 0 Å². The lowest BCUT2D eigenvalue weighted by molar-refractivity contribution is -0.711. The average Bonchev–Trinajstić information content (AvgIpc) is 2.47. The number of hydrogen-bond acceptors (Lipinski definition) is 5. The Kier molecular flexibility index (Phi) is 6.68. The molecule has 0 bridgehead atoms. The first-order valence-corrected chi connectivity index (χ1v) is 6.24. The molecule has 0 radical (unpaired) electrons. The van der Waals surface area contributed by atoms with Crippen LogP contribution in [0.15, 0.2) is 30.7 Å². The van der Waals surface area contributed by atoms with Gasteiger partial charge in [0.25, 0.3) is 0 Å². The monoisotopic (exact) mass is 311 g/mol. The molecule has 1 aromatic rings. The number of rotatable bonds is 7. The molecule has 0 spiro atoms. The van der Waals surface area contributed by atoms with Crippen LogP contribution in [0.3, 0.4) is 0 Å². The number of nitrogens with zero attached hydrogens (tertiary/aromatic N) is 1. The summed E-state index contributed by atoms with van der Waals surface area (Å²) in [6.07, 6.45) is 3.22. The molecule has 0 unspecified atom stereocenters. The van der Waals surface area contributed by atoms with E-state index in [0.717, 1.165) is 17.7 Å². The predicted octanol–water partition coefficient (Wildman–Crippen LogP) is 0.344. The highest BCUT2D eigenvalue weighted by Gasteiger charge is 2.16. The normalized spacial score (nSPS) is 10.3. The Balaban J connectivity index is 2.69. The van der Waals surface area contributed by atoms with E-state index >= 15 is 0 Å². The molecule has 0 atom stereocenters. The van der Waals surface area contributed by atoms with Crippen molar-refractivity contribution in [3.8, 4) is 0 Å². The second-order valence-corrected chi connectivity index (χ2v) is 4.17. The fourth-order valence-electron chi connectivity index (χ4n) is 1.48. The van der Waals surface area contributed by atoms with Gasteiger partial charge in [-0.05, 0) is 0 Å². The summed E-state index contributed by atoms with van der Waals surface area (Å²) in [6.45, 7) is -0.206. The van der Waals surface area contributed by atoms with Crippen LogP contribution in [-0.4, -0.2) is 31.9 Å². The molecule has 0 aliphatic carbocycles. The largest absolute Gasteiger partial charge is 0.504 e. The van der Waals surface area contributed by atoms with Gasteiger partial charge in [0.15, 0.2) is 6.20 Å². The highest BCUT2D eigenvalue weighted by Crippen LogP contribution is 2.06. The number of esters is 1. The number of anilines is 1. The van der Waals surface area contributed by atoms with Gasteiger partial charge in [0, 0.05) is 12.1 Å². The quantitative estimate of drug-likeness (QED) is 0.196. The fraction of sp³-hybridized carbons (Fsp3) is 0.286. The number of hydrogen-bond donors (Lipinski definition) is 1. The maximum Gasteiger partial charge on any atom is 0.362 e. The van der Waals surface area contributed by atoms with E-state index < -0.39 is 24.2 Å². The number of ketones is 1. The zero-order chi connectivity index (χ0) is 16.5. The smallest absolute Gasteiger partial charge is 0.362 e. The molecule has 0 aromatic carbocycles. The lowest BCUT2D eigenvalue weighted by Gasteiger charge is -2.04. The summed E-state index contributed by atoms with van der Waals surface area (Å²) in [6, 6.07) is 2.45. The Hall–Kier alpha value is -2.77. The lowest BCUT2D eigenvalue weighted by atomic mass is 10.3. The van der Waals surface area contributed by atoms with E-state index in [2.05, 4.69) is 14.8 Å². The number of pyridine rings is 1. The number of carbonyl (C=O) groups excluding carboxylic acids is 3. The molecule has 118 valence electrons. The first-order chi connectivity index (χ1) is 10.5. The molecule has 1 aromatic heterocycles. The van der Waals surface area contributed by atoms with Crippen molar-refractivity contribution in [3.63, 3.8) is 0 Å². The topological polar surface area (TPSA) is 85.6 Å². The Morgan fingerprint density at radius 2 is 2.09 bits per heavy atom. The number of amides is 1. The van der Waals surface area contributed by atoms with E-state index in [1.807, 2.05) is 0 Å². The highest BCUT2D eigenvalue weighted by molar-refractivity contribution is 6.01. The highest BCUT2D eigenvalue weighted by atomic mass is 19.1. The summed E-state index contributed by atoms with van der Waals surface area (Å²) >= 11 is 0. The molecule has 0 saturated heterocycles. The van der Waals surface area contributed by atoms with E-state index in [4.69, 9.17) is 0 Å². The summed E-state index contributed by atoms with van der Waals surface area (Å²) in [7, 11) is 2.55. The number of allylic oxidation sites excluding steroid dienone is 1. The first-order valence-electron chi connectivity index (χ1n) is 6.24. The van der Waals surface area contributed by atoms with Crippen LogP contribution < -0.4 is 9.88 Å². The number of methoxy groups -OCH3 is 2. The number of carbonyl (C=O) groups is 3. The lowest BCUT2D eigenvalue weighted by Crippen LogP contribution is -2.41. The van der Waals surface area contributed by atoms with Crippen molar-refractivity contribution in [2.45, 2.75) is 13.0 Å². The Morgan fingerprint density at radius 1 is 1.36 bits per heavy atom. The van der Waals surface area contributed by atoms with Crippen LogP contribution in [0.4, 0.5) is 10.1 Å². The number of ether oxygens (including phenoxy) is 2. The molecule has 1 rings (SSSR count). The summed E-state index contributed by atoms with van der Waals surface area (Å²) in [5.41, 5.74) is 0.169. The van der Waals surface area contributed by atoms with Crippen molar-refractivity contribution in [2.75, 3.05) is 19.5 Å². The van der Waals surface area contributed by atoms with Crippen LogP contribution in [0.5, 0.6) is 0 Å². The average molecular weight is 311 g/mol. The molecule has 1 amide bonds. The maximum atomic E-state index is 13.8.